The van der Waals surface area contributed by atoms with E-state index in [4.69, 9.17) is 0 Å². The van der Waals surface area contributed by atoms with Gasteiger partial charge in [0, 0.05) is 12.1 Å². The lowest BCUT2D eigenvalue weighted by Gasteiger charge is -2.09. The fraction of sp³-hybridized carbons (Fsp3) is 0.125. The molecule has 3 rings (SSSR count). The maximum atomic E-state index is 12.7. The summed E-state index contributed by atoms with van der Waals surface area (Å²) in [4.78, 5) is 19.0. The topological polar surface area (TPSA) is 57.8 Å². The Hall–Kier alpha value is -2.83. The average Bonchev–Trinajstić information content (AvgIpc) is 2.99. The van der Waals surface area contributed by atoms with E-state index >= 15 is 0 Å². The molecule has 4 nitrogen and oxygen atoms in total. The zero-order chi connectivity index (χ0) is 16.4. The van der Waals surface area contributed by atoms with Gasteiger partial charge in [0.15, 0.2) is 0 Å². The molecule has 0 fully saturated rings. The number of rotatable bonds is 3. The van der Waals surface area contributed by atoms with E-state index in [0.29, 0.717) is 11.1 Å². The number of amides is 1. The first kappa shape index (κ1) is 15.1. The number of fused-ring (bicyclic) bond motifs is 1. The Morgan fingerprint density at radius 2 is 2.00 bits per heavy atom. The molecule has 23 heavy (non-hydrogen) atoms. The van der Waals surface area contributed by atoms with Crippen molar-refractivity contribution in [3.8, 4) is 0 Å². The molecule has 0 saturated heterocycles. The van der Waals surface area contributed by atoms with Gasteiger partial charge in [-0.1, -0.05) is 12.1 Å². The molecule has 7 heteroatoms. The van der Waals surface area contributed by atoms with Gasteiger partial charge in [-0.15, -0.1) is 0 Å². The highest BCUT2D eigenvalue weighted by molar-refractivity contribution is 5.97. The van der Waals surface area contributed by atoms with E-state index in [1.54, 1.807) is 18.2 Å². The van der Waals surface area contributed by atoms with E-state index in [0.717, 1.165) is 23.2 Å². The molecule has 0 spiro atoms. The highest BCUT2D eigenvalue weighted by Crippen LogP contribution is 2.29. The largest absolute Gasteiger partial charge is 0.416 e. The summed E-state index contributed by atoms with van der Waals surface area (Å²) in [6, 6.07) is 9.84. The van der Waals surface area contributed by atoms with Crippen molar-refractivity contribution in [3.63, 3.8) is 0 Å². The smallest absolute Gasteiger partial charge is 0.348 e. The zero-order valence-electron chi connectivity index (χ0n) is 11.8. The summed E-state index contributed by atoms with van der Waals surface area (Å²) in [7, 11) is 0. The Morgan fingerprint density at radius 3 is 2.78 bits per heavy atom. The summed E-state index contributed by atoms with van der Waals surface area (Å²) >= 11 is 0. The normalized spacial score (nSPS) is 11.6. The molecular weight excluding hydrogens is 307 g/mol. The third-order valence-electron chi connectivity index (χ3n) is 3.39. The molecule has 0 unspecified atom stereocenters. The van der Waals surface area contributed by atoms with Crippen molar-refractivity contribution in [2.24, 2.45) is 0 Å². The number of hydrogen-bond acceptors (Lipinski definition) is 2. The predicted octanol–water partition coefficient (Wildman–Crippen LogP) is 3.51. The van der Waals surface area contributed by atoms with Crippen LogP contribution in [0.1, 0.15) is 21.5 Å². The Bertz CT molecular complexity index is 855. The van der Waals surface area contributed by atoms with E-state index < -0.39 is 11.7 Å². The molecule has 0 aliphatic rings. The standard InChI is InChI=1S/C16H12F3N3O/c17-16(18,19)12-3-1-2-10(6-12)8-20-15(23)11-4-5-13-14(7-11)22-9-21-13/h1-7,9H,8H2,(H,20,23)(H,21,22). The number of benzene rings is 2. The fourth-order valence-electron chi connectivity index (χ4n) is 2.22. The number of halogens is 3. The maximum Gasteiger partial charge on any atom is 0.416 e. The molecule has 2 N–H and O–H groups in total. The van der Waals surface area contributed by atoms with Gasteiger partial charge in [0.05, 0.1) is 22.9 Å². The zero-order valence-corrected chi connectivity index (χ0v) is 11.8. The molecule has 1 aromatic heterocycles. The number of carbonyl (C=O) groups is 1. The van der Waals surface area contributed by atoms with Crippen molar-refractivity contribution >= 4 is 16.9 Å². The molecule has 0 saturated carbocycles. The van der Waals surface area contributed by atoms with E-state index in [2.05, 4.69) is 15.3 Å². The van der Waals surface area contributed by atoms with Crippen LogP contribution in [0.4, 0.5) is 13.2 Å². The SMILES string of the molecule is O=C(NCc1cccc(C(F)(F)F)c1)c1ccc2nc[nH]c2c1. The van der Waals surface area contributed by atoms with Gasteiger partial charge >= 0.3 is 6.18 Å². The summed E-state index contributed by atoms with van der Waals surface area (Å²) < 4.78 is 38.0. The van der Waals surface area contributed by atoms with Gasteiger partial charge in [0.25, 0.3) is 5.91 Å². The third kappa shape index (κ3) is 3.33. The van der Waals surface area contributed by atoms with Crippen LogP contribution >= 0.6 is 0 Å². The van der Waals surface area contributed by atoms with Crippen LogP contribution in [0.5, 0.6) is 0 Å². The first-order chi connectivity index (χ1) is 10.9. The third-order valence-corrected chi connectivity index (χ3v) is 3.39. The molecule has 2 aromatic carbocycles. The molecule has 118 valence electrons. The van der Waals surface area contributed by atoms with Gasteiger partial charge < -0.3 is 10.3 Å². The number of imidazole rings is 1. The maximum absolute atomic E-state index is 12.7. The van der Waals surface area contributed by atoms with Crippen LogP contribution in [0.3, 0.4) is 0 Å². The lowest BCUT2D eigenvalue weighted by Crippen LogP contribution is -2.23. The number of aromatic amines is 1. The average molecular weight is 319 g/mol. The lowest BCUT2D eigenvalue weighted by molar-refractivity contribution is -0.137. The quantitative estimate of drug-likeness (QED) is 0.776. The second kappa shape index (κ2) is 5.75. The van der Waals surface area contributed by atoms with Gasteiger partial charge in [0.2, 0.25) is 0 Å². The Kier molecular flexibility index (Phi) is 3.77. The van der Waals surface area contributed by atoms with Crippen molar-refractivity contribution in [2.45, 2.75) is 12.7 Å². The second-order valence-corrected chi connectivity index (χ2v) is 5.02. The number of nitrogens with zero attached hydrogens (tertiary/aromatic N) is 1. The summed E-state index contributed by atoms with van der Waals surface area (Å²) in [6.07, 6.45) is -2.87. The highest BCUT2D eigenvalue weighted by Gasteiger charge is 2.30. The second-order valence-electron chi connectivity index (χ2n) is 5.02. The molecule has 0 aliphatic heterocycles. The molecular formula is C16H12F3N3O. The van der Waals surface area contributed by atoms with Crippen LogP contribution in [0.15, 0.2) is 48.8 Å². The molecule has 0 bridgehead atoms. The fourth-order valence-corrected chi connectivity index (χ4v) is 2.22. The van der Waals surface area contributed by atoms with Crippen LogP contribution < -0.4 is 5.32 Å². The van der Waals surface area contributed by atoms with E-state index in [9.17, 15) is 18.0 Å². The molecule has 0 aliphatic carbocycles. The lowest BCUT2D eigenvalue weighted by atomic mass is 10.1. The summed E-state index contributed by atoms with van der Waals surface area (Å²) in [5, 5.41) is 2.61. The number of alkyl halides is 3. The van der Waals surface area contributed by atoms with Crippen LogP contribution in [0, 0.1) is 0 Å². The number of hydrogen-bond donors (Lipinski definition) is 2. The van der Waals surface area contributed by atoms with Crippen molar-refractivity contribution in [1.29, 1.82) is 0 Å². The first-order valence-corrected chi connectivity index (χ1v) is 6.81. The molecule has 3 aromatic rings. The monoisotopic (exact) mass is 319 g/mol. The molecule has 0 radical (unpaired) electrons. The highest BCUT2D eigenvalue weighted by atomic mass is 19.4. The number of aromatic nitrogens is 2. The predicted molar refractivity (Wildman–Crippen MR) is 78.7 cm³/mol. The van der Waals surface area contributed by atoms with Gasteiger partial charge in [-0.3, -0.25) is 4.79 Å². The van der Waals surface area contributed by atoms with Crippen molar-refractivity contribution in [1.82, 2.24) is 15.3 Å². The minimum Gasteiger partial charge on any atom is -0.348 e. The molecule has 1 heterocycles. The van der Waals surface area contributed by atoms with Crippen molar-refractivity contribution < 1.29 is 18.0 Å². The van der Waals surface area contributed by atoms with Crippen LogP contribution in [-0.2, 0) is 12.7 Å². The summed E-state index contributed by atoms with van der Waals surface area (Å²) in [5.74, 6) is -0.362. The van der Waals surface area contributed by atoms with Gasteiger partial charge in [-0.05, 0) is 35.9 Å². The van der Waals surface area contributed by atoms with E-state index in [-0.39, 0.29) is 12.5 Å². The first-order valence-electron chi connectivity index (χ1n) is 6.81. The van der Waals surface area contributed by atoms with Gasteiger partial charge in [0.1, 0.15) is 0 Å². The molecule has 0 atom stereocenters. The number of carbonyl (C=O) groups excluding carboxylic acids is 1. The minimum absolute atomic E-state index is 0.0176. The summed E-state index contributed by atoms with van der Waals surface area (Å²) in [6.45, 7) is 0.0176. The minimum atomic E-state index is -4.40. The van der Waals surface area contributed by atoms with E-state index in [1.807, 2.05) is 0 Å². The van der Waals surface area contributed by atoms with Crippen LogP contribution in [0.25, 0.3) is 11.0 Å². The van der Waals surface area contributed by atoms with Gasteiger partial charge in [-0.25, -0.2) is 4.98 Å². The van der Waals surface area contributed by atoms with Crippen molar-refractivity contribution in [3.05, 3.63) is 65.5 Å². The van der Waals surface area contributed by atoms with E-state index in [1.165, 1.54) is 18.5 Å². The van der Waals surface area contributed by atoms with Gasteiger partial charge in [-0.2, -0.15) is 13.2 Å². The number of H-pyrrole nitrogens is 1. The van der Waals surface area contributed by atoms with Crippen molar-refractivity contribution in [2.75, 3.05) is 0 Å². The Balaban J connectivity index is 1.71. The van der Waals surface area contributed by atoms with Crippen LogP contribution in [-0.4, -0.2) is 15.9 Å². The Labute approximate surface area is 129 Å². The number of nitrogens with one attached hydrogen (secondary N) is 2. The molecule has 1 amide bonds. The summed E-state index contributed by atoms with van der Waals surface area (Å²) in [5.41, 5.74) is 1.52. The Morgan fingerprint density at radius 1 is 1.17 bits per heavy atom. The van der Waals surface area contributed by atoms with Crippen LogP contribution in [0.2, 0.25) is 0 Å².